The van der Waals surface area contributed by atoms with Gasteiger partial charge in [-0.25, -0.2) is 0 Å². The normalized spacial score (nSPS) is 8.70. The van der Waals surface area contributed by atoms with Gasteiger partial charge in [0.15, 0.2) is 5.57 Å². The first-order valence-corrected chi connectivity index (χ1v) is 6.54. The fraction of sp³-hybridized carbons (Fsp3) is 0. The van der Waals surface area contributed by atoms with E-state index in [-0.39, 0.29) is 11.3 Å². The van der Waals surface area contributed by atoms with Crippen LogP contribution < -0.4 is 5.32 Å². The molecule has 2 aromatic rings. The van der Waals surface area contributed by atoms with Crippen molar-refractivity contribution in [2.24, 2.45) is 0 Å². The molecule has 0 saturated heterocycles. The van der Waals surface area contributed by atoms with E-state index in [0.29, 0.717) is 11.3 Å². The Morgan fingerprint density at radius 3 is 2.04 bits per heavy atom. The highest BCUT2D eigenvalue weighted by Gasteiger charge is 2.07. The van der Waals surface area contributed by atoms with Gasteiger partial charge in [0.25, 0.3) is 0 Å². The Labute approximate surface area is 133 Å². The van der Waals surface area contributed by atoms with Crippen LogP contribution in [-0.4, -0.2) is 0 Å². The summed E-state index contributed by atoms with van der Waals surface area (Å²) in [5.41, 5.74) is 2.60. The molecule has 0 spiro atoms. The fourth-order valence-corrected chi connectivity index (χ4v) is 1.94. The van der Waals surface area contributed by atoms with Gasteiger partial charge < -0.3 is 5.32 Å². The van der Waals surface area contributed by atoms with Crippen molar-refractivity contribution in [2.75, 3.05) is 5.32 Å². The molecule has 0 saturated carbocycles. The molecular formula is C18H9N5. The summed E-state index contributed by atoms with van der Waals surface area (Å²) in [6.45, 7) is 0. The van der Waals surface area contributed by atoms with E-state index in [1.807, 2.05) is 24.3 Å². The number of hydrogen-bond acceptors (Lipinski definition) is 5. The summed E-state index contributed by atoms with van der Waals surface area (Å²) in [4.78, 5) is 0. The van der Waals surface area contributed by atoms with Crippen LogP contribution in [0.1, 0.15) is 5.56 Å². The van der Waals surface area contributed by atoms with E-state index in [2.05, 4.69) is 11.4 Å². The molecule has 0 amide bonds. The lowest BCUT2D eigenvalue weighted by atomic mass is 10.0. The molecular weight excluding hydrogens is 286 g/mol. The zero-order valence-corrected chi connectivity index (χ0v) is 11.9. The van der Waals surface area contributed by atoms with E-state index in [1.54, 1.807) is 42.5 Å². The molecule has 0 aliphatic rings. The summed E-state index contributed by atoms with van der Waals surface area (Å²) >= 11 is 0. The second-order valence-electron chi connectivity index (χ2n) is 4.48. The topological polar surface area (TPSA) is 107 Å². The molecule has 0 aliphatic carbocycles. The Kier molecular flexibility index (Phi) is 4.73. The smallest absolute Gasteiger partial charge is 0.163 e. The van der Waals surface area contributed by atoms with Crippen molar-refractivity contribution in [2.45, 2.75) is 0 Å². The molecule has 0 heterocycles. The zero-order chi connectivity index (χ0) is 16.7. The van der Waals surface area contributed by atoms with Crippen LogP contribution in [0.3, 0.4) is 0 Å². The molecule has 1 N–H and O–H groups in total. The summed E-state index contributed by atoms with van der Waals surface area (Å²) in [7, 11) is 0. The van der Waals surface area contributed by atoms with E-state index < -0.39 is 0 Å². The van der Waals surface area contributed by atoms with Crippen LogP contribution in [0.25, 0.3) is 11.1 Å². The Hall–Kier alpha value is -4.06. The van der Waals surface area contributed by atoms with Crippen molar-refractivity contribution in [3.8, 4) is 35.4 Å². The third-order valence-electron chi connectivity index (χ3n) is 3.06. The van der Waals surface area contributed by atoms with Crippen molar-refractivity contribution >= 4 is 5.69 Å². The van der Waals surface area contributed by atoms with E-state index in [9.17, 15) is 0 Å². The molecule has 0 bridgehead atoms. The van der Waals surface area contributed by atoms with E-state index in [4.69, 9.17) is 21.0 Å². The molecule has 0 unspecified atom stereocenters. The minimum absolute atomic E-state index is 0.0908. The molecule has 5 heteroatoms. The van der Waals surface area contributed by atoms with Gasteiger partial charge >= 0.3 is 0 Å². The third-order valence-corrected chi connectivity index (χ3v) is 3.06. The number of rotatable bonds is 3. The lowest BCUT2D eigenvalue weighted by Gasteiger charge is -2.07. The average Bonchev–Trinajstić information content (AvgIpc) is 2.62. The van der Waals surface area contributed by atoms with Crippen molar-refractivity contribution < 1.29 is 0 Å². The first kappa shape index (κ1) is 15.3. The Bertz CT molecular complexity index is 910. The second-order valence-corrected chi connectivity index (χ2v) is 4.48. The number of allylic oxidation sites excluding steroid dienone is 2. The molecule has 0 atom stereocenters. The highest BCUT2D eigenvalue weighted by Crippen LogP contribution is 2.24. The van der Waals surface area contributed by atoms with Gasteiger partial charge in [0.05, 0.1) is 11.6 Å². The maximum Gasteiger partial charge on any atom is 0.163 e. The molecule has 0 fully saturated rings. The van der Waals surface area contributed by atoms with Gasteiger partial charge in [0, 0.05) is 5.69 Å². The van der Waals surface area contributed by atoms with Gasteiger partial charge in [0.1, 0.15) is 23.9 Å². The highest BCUT2D eigenvalue weighted by atomic mass is 14.9. The number of benzene rings is 2. The van der Waals surface area contributed by atoms with Gasteiger partial charge in [-0.2, -0.15) is 21.0 Å². The quantitative estimate of drug-likeness (QED) is 0.872. The van der Waals surface area contributed by atoms with Crippen molar-refractivity contribution in [1.82, 2.24) is 0 Å². The average molecular weight is 295 g/mol. The van der Waals surface area contributed by atoms with Crippen LogP contribution in [0.4, 0.5) is 5.69 Å². The van der Waals surface area contributed by atoms with Crippen molar-refractivity contribution in [1.29, 1.82) is 21.0 Å². The SMILES string of the molecule is N#CC(C#N)=C(C#N)Nc1cccc(-c2ccc(C#N)cc2)c1. The zero-order valence-electron chi connectivity index (χ0n) is 11.9. The molecule has 23 heavy (non-hydrogen) atoms. The van der Waals surface area contributed by atoms with E-state index >= 15 is 0 Å². The second kappa shape index (κ2) is 7.09. The molecule has 5 nitrogen and oxygen atoms in total. The molecule has 0 aromatic heterocycles. The van der Waals surface area contributed by atoms with Gasteiger partial charge in [-0.3, -0.25) is 0 Å². The first-order valence-electron chi connectivity index (χ1n) is 6.54. The number of hydrogen-bond donors (Lipinski definition) is 1. The number of nitrogens with one attached hydrogen (secondary N) is 1. The minimum atomic E-state index is -0.267. The maximum absolute atomic E-state index is 9.06. The molecule has 2 rings (SSSR count). The predicted molar refractivity (Wildman–Crippen MR) is 84.1 cm³/mol. The number of nitriles is 4. The van der Waals surface area contributed by atoms with Gasteiger partial charge in [-0.1, -0.05) is 24.3 Å². The maximum atomic E-state index is 9.06. The van der Waals surface area contributed by atoms with E-state index in [1.165, 1.54) is 0 Å². The van der Waals surface area contributed by atoms with Crippen molar-refractivity contribution in [3.05, 3.63) is 65.4 Å². The molecule has 2 aromatic carbocycles. The predicted octanol–water partition coefficient (Wildman–Crippen LogP) is 3.46. The summed E-state index contributed by atoms with van der Waals surface area (Å²) in [6, 6.07) is 21.6. The standard InChI is InChI=1S/C18H9N5/c19-9-13-4-6-14(7-5-13)15-2-1-3-17(8-15)23-18(12-22)16(10-20)11-21/h1-8,23H. The summed E-state index contributed by atoms with van der Waals surface area (Å²) in [5, 5.41) is 38.3. The van der Waals surface area contributed by atoms with Gasteiger partial charge in [-0.05, 0) is 35.4 Å². The monoisotopic (exact) mass is 295 g/mol. The summed E-state index contributed by atoms with van der Waals surface area (Å²) in [6.07, 6.45) is 0. The van der Waals surface area contributed by atoms with E-state index in [0.717, 1.165) is 11.1 Å². The fourth-order valence-electron chi connectivity index (χ4n) is 1.94. The molecule has 0 aliphatic heterocycles. The van der Waals surface area contributed by atoms with Crippen LogP contribution >= 0.6 is 0 Å². The Morgan fingerprint density at radius 1 is 0.783 bits per heavy atom. The Balaban J connectivity index is 2.36. The first-order chi connectivity index (χ1) is 11.2. The van der Waals surface area contributed by atoms with Crippen molar-refractivity contribution in [3.63, 3.8) is 0 Å². The third kappa shape index (κ3) is 3.53. The van der Waals surface area contributed by atoms with Crippen LogP contribution in [0.15, 0.2) is 59.8 Å². The molecule has 0 radical (unpaired) electrons. The Morgan fingerprint density at radius 2 is 1.48 bits per heavy atom. The molecule has 106 valence electrons. The van der Waals surface area contributed by atoms with Crippen LogP contribution in [0.5, 0.6) is 0 Å². The van der Waals surface area contributed by atoms with Crippen LogP contribution in [0.2, 0.25) is 0 Å². The number of anilines is 1. The summed E-state index contributed by atoms with van der Waals surface area (Å²) in [5.74, 6) is 0. The lowest BCUT2D eigenvalue weighted by Crippen LogP contribution is -2.00. The van der Waals surface area contributed by atoms with Gasteiger partial charge in [-0.15, -0.1) is 0 Å². The van der Waals surface area contributed by atoms with Crippen LogP contribution in [-0.2, 0) is 0 Å². The summed E-state index contributed by atoms with van der Waals surface area (Å²) < 4.78 is 0. The van der Waals surface area contributed by atoms with Crippen LogP contribution in [0, 0.1) is 45.3 Å². The van der Waals surface area contributed by atoms with Gasteiger partial charge in [0.2, 0.25) is 0 Å². The largest absolute Gasteiger partial charge is 0.345 e. The lowest BCUT2D eigenvalue weighted by molar-refractivity contribution is 1.37. The minimum Gasteiger partial charge on any atom is -0.345 e. The number of nitrogens with zero attached hydrogens (tertiary/aromatic N) is 4. The highest BCUT2D eigenvalue weighted by molar-refractivity contribution is 5.70.